The Kier molecular flexibility index (Phi) is 5.95. The van der Waals surface area contributed by atoms with Gasteiger partial charge in [-0.2, -0.15) is 0 Å². The van der Waals surface area contributed by atoms with Gasteiger partial charge in [0.1, 0.15) is 7.85 Å². The molecule has 0 aromatic carbocycles. The molecule has 0 heterocycles. The molecule has 0 N–H and O–H groups in total. The molecular weight excluding hydrogens is 158 g/mol. The van der Waals surface area contributed by atoms with E-state index >= 15 is 0 Å². The lowest BCUT2D eigenvalue weighted by molar-refractivity contribution is -0.110. The minimum atomic E-state index is -0.383. The minimum Gasteiger partial charge on any atom is -0.281 e. The van der Waals surface area contributed by atoms with Gasteiger partial charge in [-0.25, -0.2) is 0 Å². The molecule has 0 aromatic heterocycles. The third kappa shape index (κ3) is 7.40. The van der Waals surface area contributed by atoms with Gasteiger partial charge in [0.05, 0.1) is 0 Å². The minimum absolute atomic E-state index is 0.213. The Bertz CT molecular complexity index is 175. The molecular formula is C8H10BClO. The molecule has 0 rings (SSSR count). The first kappa shape index (κ1) is 10.5. The topological polar surface area (TPSA) is 17.1 Å². The van der Waals surface area contributed by atoms with Crippen LogP contribution in [0, 0.1) is 0 Å². The van der Waals surface area contributed by atoms with Gasteiger partial charge in [0.25, 0.3) is 0 Å². The molecule has 0 atom stereocenters. The number of carbonyl (C=O) groups excluding carboxylic acids is 1. The van der Waals surface area contributed by atoms with Crippen molar-refractivity contribution in [3.63, 3.8) is 0 Å². The Morgan fingerprint density at radius 1 is 1.64 bits per heavy atom. The predicted molar refractivity (Wildman–Crippen MR) is 48.7 cm³/mol. The van der Waals surface area contributed by atoms with Crippen LogP contribution in [-0.4, -0.2) is 13.1 Å². The molecule has 0 fully saturated rings. The van der Waals surface area contributed by atoms with Gasteiger partial charge >= 0.3 is 0 Å². The van der Waals surface area contributed by atoms with E-state index in [0.717, 1.165) is 12.8 Å². The van der Waals surface area contributed by atoms with Gasteiger partial charge < -0.3 is 0 Å². The summed E-state index contributed by atoms with van der Waals surface area (Å²) in [6.07, 6.45) is 5.21. The summed E-state index contributed by atoms with van der Waals surface area (Å²) in [6.45, 7) is 3.55. The molecule has 2 radical (unpaired) electrons. The van der Waals surface area contributed by atoms with Gasteiger partial charge in [-0.1, -0.05) is 12.2 Å². The summed E-state index contributed by atoms with van der Waals surface area (Å²) in [5.74, 6) is 0. The maximum absolute atomic E-state index is 10.3. The first-order valence-electron chi connectivity index (χ1n) is 3.40. The van der Waals surface area contributed by atoms with Gasteiger partial charge in [0, 0.05) is 6.42 Å². The largest absolute Gasteiger partial charge is 0.281 e. The Morgan fingerprint density at radius 2 is 2.27 bits per heavy atom. The summed E-state index contributed by atoms with van der Waals surface area (Å²) in [7, 11) is 5.51. The summed E-state index contributed by atoms with van der Waals surface area (Å²) in [6, 6.07) is 0. The Hall–Kier alpha value is -0.495. The molecule has 0 saturated carbocycles. The summed E-state index contributed by atoms with van der Waals surface area (Å²) in [4.78, 5) is 10.3. The maximum Gasteiger partial charge on any atom is 0.225 e. The first-order valence-corrected chi connectivity index (χ1v) is 3.78. The van der Waals surface area contributed by atoms with Crippen LogP contribution in [0.4, 0.5) is 0 Å². The van der Waals surface area contributed by atoms with E-state index in [1.807, 2.05) is 0 Å². The molecule has 0 spiro atoms. The van der Waals surface area contributed by atoms with Crippen LogP contribution in [0.1, 0.15) is 19.3 Å². The summed E-state index contributed by atoms with van der Waals surface area (Å²) < 4.78 is 0. The predicted octanol–water partition coefficient (Wildman–Crippen LogP) is 2.16. The number of rotatable bonds is 5. The van der Waals surface area contributed by atoms with Crippen molar-refractivity contribution in [3.05, 3.63) is 24.2 Å². The van der Waals surface area contributed by atoms with Crippen molar-refractivity contribution in [1.29, 1.82) is 0 Å². The standard InChI is InChI=1S/C8H10BClO/c1-2-3-4-7(9)5-6-8(10)11/h2,5H,1,3-4,6H2/b7-5+. The molecule has 0 bridgehead atoms. The van der Waals surface area contributed by atoms with Crippen molar-refractivity contribution in [3.8, 4) is 0 Å². The van der Waals surface area contributed by atoms with Crippen LogP contribution in [0.15, 0.2) is 24.2 Å². The second-order valence-corrected chi connectivity index (χ2v) is 2.59. The van der Waals surface area contributed by atoms with Gasteiger partial charge in [-0.3, -0.25) is 4.79 Å². The fraction of sp³-hybridized carbons (Fsp3) is 0.375. The second kappa shape index (κ2) is 6.23. The average Bonchev–Trinajstić information content (AvgIpc) is 1.97. The van der Waals surface area contributed by atoms with Crippen molar-refractivity contribution in [2.45, 2.75) is 19.3 Å². The molecule has 0 saturated heterocycles. The SMILES string of the molecule is [B]/C(=C/CC(=O)Cl)CCC=C. The van der Waals surface area contributed by atoms with Gasteiger partial charge in [-0.05, 0) is 24.4 Å². The number of allylic oxidation sites excluding steroid dienone is 3. The van der Waals surface area contributed by atoms with Crippen molar-refractivity contribution in [2.24, 2.45) is 0 Å². The third-order valence-electron chi connectivity index (χ3n) is 1.16. The third-order valence-corrected chi connectivity index (χ3v) is 1.32. The van der Waals surface area contributed by atoms with E-state index in [1.54, 1.807) is 12.2 Å². The lowest BCUT2D eigenvalue weighted by Gasteiger charge is -1.95. The summed E-state index contributed by atoms with van der Waals surface area (Å²) >= 11 is 5.10. The van der Waals surface area contributed by atoms with Gasteiger partial charge in [0.2, 0.25) is 5.24 Å². The molecule has 1 nitrogen and oxygen atoms in total. The summed E-state index contributed by atoms with van der Waals surface area (Å²) in [5, 5.41) is -0.383. The molecule has 0 aliphatic carbocycles. The molecule has 58 valence electrons. The highest BCUT2D eigenvalue weighted by Gasteiger charge is 1.92. The van der Waals surface area contributed by atoms with E-state index in [1.165, 1.54) is 0 Å². The monoisotopic (exact) mass is 168 g/mol. The van der Waals surface area contributed by atoms with Crippen molar-refractivity contribution in [1.82, 2.24) is 0 Å². The highest BCUT2D eigenvalue weighted by molar-refractivity contribution is 6.63. The van der Waals surface area contributed by atoms with Crippen LogP contribution in [0.3, 0.4) is 0 Å². The zero-order valence-electron chi connectivity index (χ0n) is 6.35. The summed E-state index contributed by atoms with van der Waals surface area (Å²) in [5.41, 5.74) is 0.693. The Morgan fingerprint density at radius 3 is 2.73 bits per heavy atom. The van der Waals surface area contributed by atoms with Crippen LogP contribution in [-0.2, 0) is 4.79 Å². The second-order valence-electron chi connectivity index (χ2n) is 2.17. The Labute approximate surface area is 73.5 Å². The molecule has 11 heavy (non-hydrogen) atoms. The van der Waals surface area contributed by atoms with E-state index in [4.69, 9.17) is 19.4 Å². The number of hydrogen-bond donors (Lipinski definition) is 0. The lowest BCUT2D eigenvalue weighted by atomic mass is 9.90. The van der Waals surface area contributed by atoms with Crippen molar-refractivity contribution in [2.75, 3.05) is 0 Å². The smallest absolute Gasteiger partial charge is 0.225 e. The first-order chi connectivity index (χ1) is 5.16. The van der Waals surface area contributed by atoms with Crippen LogP contribution in [0.5, 0.6) is 0 Å². The zero-order chi connectivity index (χ0) is 8.69. The van der Waals surface area contributed by atoms with E-state index in [0.29, 0.717) is 5.47 Å². The number of halogens is 1. The van der Waals surface area contributed by atoms with Crippen LogP contribution in [0.2, 0.25) is 0 Å². The average molecular weight is 168 g/mol. The quantitative estimate of drug-likeness (QED) is 0.349. The van der Waals surface area contributed by atoms with E-state index in [9.17, 15) is 4.79 Å². The number of hydrogen-bond acceptors (Lipinski definition) is 1. The van der Waals surface area contributed by atoms with E-state index < -0.39 is 0 Å². The molecule has 0 aliphatic rings. The van der Waals surface area contributed by atoms with Gasteiger partial charge in [-0.15, -0.1) is 12.1 Å². The highest BCUT2D eigenvalue weighted by Crippen LogP contribution is 2.03. The van der Waals surface area contributed by atoms with E-state index in [-0.39, 0.29) is 11.7 Å². The van der Waals surface area contributed by atoms with Crippen LogP contribution < -0.4 is 0 Å². The molecule has 3 heteroatoms. The molecule has 0 aromatic rings. The molecule has 0 amide bonds. The Balaban J connectivity index is 3.62. The van der Waals surface area contributed by atoms with Crippen LogP contribution in [0.25, 0.3) is 0 Å². The molecule has 0 unspecified atom stereocenters. The fourth-order valence-corrected chi connectivity index (χ4v) is 0.659. The lowest BCUT2D eigenvalue weighted by Crippen LogP contribution is -1.86. The van der Waals surface area contributed by atoms with Crippen molar-refractivity contribution >= 4 is 24.7 Å². The van der Waals surface area contributed by atoms with Gasteiger partial charge in [0.15, 0.2) is 0 Å². The van der Waals surface area contributed by atoms with Crippen molar-refractivity contribution < 1.29 is 4.79 Å². The fourth-order valence-electron chi connectivity index (χ4n) is 0.582. The zero-order valence-corrected chi connectivity index (χ0v) is 7.10. The van der Waals surface area contributed by atoms with E-state index in [2.05, 4.69) is 6.58 Å². The van der Waals surface area contributed by atoms with Crippen LogP contribution >= 0.6 is 11.6 Å². The maximum atomic E-state index is 10.3. The normalized spacial score (nSPS) is 11.2. The molecule has 0 aliphatic heterocycles. The highest BCUT2D eigenvalue weighted by atomic mass is 35.5. The number of carbonyl (C=O) groups is 1.